The van der Waals surface area contributed by atoms with Crippen molar-refractivity contribution < 1.29 is 14.6 Å². The van der Waals surface area contributed by atoms with Gasteiger partial charge in [-0.25, -0.2) is 4.79 Å². The first-order valence-corrected chi connectivity index (χ1v) is 6.29. The number of nitrogens with zero attached hydrogens (tertiary/aromatic N) is 1. The summed E-state index contributed by atoms with van der Waals surface area (Å²) in [6.07, 6.45) is 4.96. The average molecular weight is 227 g/mol. The zero-order chi connectivity index (χ0) is 11.5. The number of ether oxygens (including phenoxy) is 1. The van der Waals surface area contributed by atoms with Crippen molar-refractivity contribution in [2.75, 3.05) is 13.1 Å². The molecule has 0 amide bonds. The Balaban J connectivity index is 1.79. The second kappa shape index (κ2) is 5.15. The van der Waals surface area contributed by atoms with Crippen LogP contribution in [0.2, 0.25) is 0 Å². The third-order valence-corrected chi connectivity index (χ3v) is 3.76. The Bertz CT molecular complexity index is 257. The van der Waals surface area contributed by atoms with Gasteiger partial charge in [-0.2, -0.15) is 0 Å². The summed E-state index contributed by atoms with van der Waals surface area (Å²) in [6.45, 7) is 4.30. The number of rotatable bonds is 3. The lowest BCUT2D eigenvalue weighted by molar-refractivity contribution is -0.149. The number of carbonyl (C=O) groups is 1. The van der Waals surface area contributed by atoms with Gasteiger partial charge in [0.1, 0.15) is 0 Å². The molecule has 2 aliphatic rings. The lowest BCUT2D eigenvalue weighted by Gasteiger charge is -2.34. The fourth-order valence-electron chi connectivity index (χ4n) is 2.71. The summed E-state index contributed by atoms with van der Waals surface area (Å²) >= 11 is 0. The molecule has 2 rings (SSSR count). The third-order valence-electron chi connectivity index (χ3n) is 3.76. The monoisotopic (exact) mass is 227 g/mol. The van der Waals surface area contributed by atoms with E-state index in [1.807, 2.05) is 0 Å². The second-order valence-electron chi connectivity index (χ2n) is 5.00. The number of piperidine rings is 1. The predicted octanol–water partition coefficient (Wildman–Crippen LogP) is 1.49. The van der Waals surface area contributed by atoms with Crippen molar-refractivity contribution in [2.45, 2.75) is 57.3 Å². The Morgan fingerprint density at radius 1 is 1.38 bits per heavy atom. The van der Waals surface area contributed by atoms with E-state index < -0.39 is 12.1 Å². The van der Waals surface area contributed by atoms with Crippen LogP contribution in [0.4, 0.5) is 0 Å². The highest BCUT2D eigenvalue weighted by Gasteiger charge is 2.32. The quantitative estimate of drug-likeness (QED) is 0.793. The fourth-order valence-corrected chi connectivity index (χ4v) is 2.71. The van der Waals surface area contributed by atoms with Crippen LogP contribution in [0.3, 0.4) is 0 Å². The molecule has 0 spiro atoms. The van der Waals surface area contributed by atoms with E-state index in [1.165, 1.54) is 19.3 Å². The summed E-state index contributed by atoms with van der Waals surface area (Å²) in [7, 11) is 0. The first-order valence-electron chi connectivity index (χ1n) is 6.29. The van der Waals surface area contributed by atoms with Crippen LogP contribution < -0.4 is 0 Å². The lowest BCUT2D eigenvalue weighted by atomic mass is 10.0. The molecule has 1 N–H and O–H groups in total. The first kappa shape index (κ1) is 11.9. The van der Waals surface area contributed by atoms with Gasteiger partial charge in [0.2, 0.25) is 0 Å². The van der Waals surface area contributed by atoms with E-state index in [2.05, 4.69) is 11.8 Å². The van der Waals surface area contributed by atoms with Gasteiger partial charge in [0.05, 0.1) is 6.10 Å². The Morgan fingerprint density at radius 3 is 2.81 bits per heavy atom. The Kier molecular flexibility index (Phi) is 3.82. The number of hydrogen-bond donors (Lipinski definition) is 1. The summed E-state index contributed by atoms with van der Waals surface area (Å²) in [5, 5.41) is 8.85. The fraction of sp³-hybridized carbons (Fsp3) is 0.917. The molecule has 0 aromatic carbocycles. The molecule has 1 unspecified atom stereocenters. The van der Waals surface area contributed by atoms with Crippen molar-refractivity contribution in [2.24, 2.45) is 0 Å². The largest absolute Gasteiger partial charge is 0.479 e. The molecule has 16 heavy (non-hydrogen) atoms. The van der Waals surface area contributed by atoms with Crippen LogP contribution in [0.5, 0.6) is 0 Å². The standard InChI is InChI=1S/C12H21NO3/c1-9-4-2-3-7-13(9)8-10-5-6-11(16-10)12(14)15/h9-11H,2-8H2,1H3,(H,14,15)/t9?,10-,11+/m1/s1. The van der Waals surface area contributed by atoms with Crippen LogP contribution in [-0.2, 0) is 9.53 Å². The second-order valence-corrected chi connectivity index (χ2v) is 5.00. The van der Waals surface area contributed by atoms with E-state index in [0.29, 0.717) is 12.5 Å². The maximum atomic E-state index is 10.8. The molecule has 2 heterocycles. The topological polar surface area (TPSA) is 49.8 Å². The summed E-state index contributed by atoms with van der Waals surface area (Å²) in [6, 6.07) is 0.626. The SMILES string of the molecule is CC1CCCCN1C[C@H]1CC[C@@H](C(=O)O)O1. The summed E-state index contributed by atoms with van der Waals surface area (Å²) in [4.78, 5) is 13.2. The van der Waals surface area contributed by atoms with Gasteiger partial charge in [-0.05, 0) is 39.2 Å². The molecule has 0 aromatic rings. The van der Waals surface area contributed by atoms with Crippen molar-refractivity contribution in [3.05, 3.63) is 0 Å². The van der Waals surface area contributed by atoms with Crippen LogP contribution in [0.1, 0.15) is 39.0 Å². The molecule has 2 saturated heterocycles. The normalized spacial score (nSPS) is 36.4. The highest BCUT2D eigenvalue weighted by molar-refractivity contribution is 5.72. The number of aliphatic carboxylic acids is 1. The minimum Gasteiger partial charge on any atom is -0.479 e. The zero-order valence-electron chi connectivity index (χ0n) is 9.89. The molecule has 0 aromatic heterocycles. The van der Waals surface area contributed by atoms with Gasteiger partial charge < -0.3 is 9.84 Å². The van der Waals surface area contributed by atoms with Crippen LogP contribution in [0.15, 0.2) is 0 Å². The first-order chi connectivity index (χ1) is 7.66. The van der Waals surface area contributed by atoms with Crippen LogP contribution >= 0.6 is 0 Å². The molecule has 4 heteroatoms. The van der Waals surface area contributed by atoms with Gasteiger partial charge in [-0.15, -0.1) is 0 Å². The van der Waals surface area contributed by atoms with Gasteiger partial charge in [0, 0.05) is 12.6 Å². The van der Waals surface area contributed by atoms with Crippen LogP contribution in [0.25, 0.3) is 0 Å². The number of hydrogen-bond acceptors (Lipinski definition) is 3. The van der Waals surface area contributed by atoms with E-state index in [-0.39, 0.29) is 6.10 Å². The maximum Gasteiger partial charge on any atom is 0.332 e. The van der Waals surface area contributed by atoms with E-state index in [1.54, 1.807) is 0 Å². The van der Waals surface area contributed by atoms with Gasteiger partial charge >= 0.3 is 5.97 Å². The molecular formula is C12H21NO3. The van der Waals surface area contributed by atoms with Crippen molar-refractivity contribution in [1.82, 2.24) is 4.90 Å². The summed E-state index contributed by atoms with van der Waals surface area (Å²) in [5.74, 6) is -0.811. The summed E-state index contributed by atoms with van der Waals surface area (Å²) < 4.78 is 5.53. The van der Waals surface area contributed by atoms with Crippen molar-refractivity contribution in [3.63, 3.8) is 0 Å². The minimum atomic E-state index is -0.811. The molecule has 0 bridgehead atoms. The van der Waals surface area contributed by atoms with Crippen molar-refractivity contribution >= 4 is 5.97 Å². The number of carboxylic acid groups (broad SMARTS) is 1. The molecular weight excluding hydrogens is 206 g/mol. The van der Waals surface area contributed by atoms with Crippen molar-refractivity contribution in [3.8, 4) is 0 Å². The number of carboxylic acids is 1. The lowest BCUT2D eigenvalue weighted by Crippen LogP contribution is -2.42. The van der Waals surface area contributed by atoms with Crippen molar-refractivity contribution in [1.29, 1.82) is 0 Å². The molecule has 3 atom stereocenters. The molecule has 0 aliphatic carbocycles. The predicted molar refractivity (Wildman–Crippen MR) is 60.4 cm³/mol. The smallest absolute Gasteiger partial charge is 0.332 e. The van der Waals surface area contributed by atoms with Gasteiger partial charge in [0.15, 0.2) is 6.10 Å². The van der Waals surface area contributed by atoms with E-state index in [9.17, 15) is 4.79 Å². The molecule has 4 nitrogen and oxygen atoms in total. The van der Waals surface area contributed by atoms with E-state index in [4.69, 9.17) is 9.84 Å². The van der Waals surface area contributed by atoms with Gasteiger partial charge in [-0.3, -0.25) is 4.90 Å². The molecule has 2 aliphatic heterocycles. The van der Waals surface area contributed by atoms with E-state index in [0.717, 1.165) is 19.5 Å². The van der Waals surface area contributed by atoms with Crippen LogP contribution in [-0.4, -0.2) is 47.3 Å². The van der Waals surface area contributed by atoms with E-state index >= 15 is 0 Å². The Hall–Kier alpha value is -0.610. The Labute approximate surface area is 96.6 Å². The average Bonchev–Trinajstić information content (AvgIpc) is 2.70. The number of likely N-dealkylation sites (tertiary alicyclic amines) is 1. The zero-order valence-corrected chi connectivity index (χ0v) is 9.89. The van der Waals surface area contributed by atoms with Crippen LogP contribution in [0, 0.1) is 0 Å². The molecule has 92 valence electrons. The highest BCUT2D eigenvalue weighted by Crippen LogP contribution is 2.23. The summed E-state index contributed by atoms with van der Waals surface area (Å²) in [5.41, 5.74) is 0. The minimum absolute atomic E-state index is 0.127. The molecule has 0 saturated carbocycles. The van der Waals surface area contributed by atoms with Gasteiger partial charge in [0.25, 0.3) is 0 Å². The maximum absolute atomic E-state index is 10.8. The highest BCUT2D eigenvalue weighted by atomic mass is 16.5. The molecule has 0 radical (unpaired) electrons. The van der Waals surface area contributed by atoms with Gasteiger partial charge in [-0.1, -0.05) is 6.42 Å². The third kappa shape index (κ3) is 2.74. The Morgan fingerprint density at radius 2 is 2.19 bits per heavy atom. The molecule has 2 fully saturated rings.